The van der Waals surface area contributed by atoms with Crippen LogP contribution in [0.2, 0.25) is 0 Å². The van der Waals surface area contributed by atoms with E-state index in [4.69, 9.17) is 27.9 Å². The number of hydrogen-bond acceptors (Lipinski definition) is 8. The molecule has 156 valence electrons. The first-order chi connectivity index (χ1) is 13.0. The average molecular weight is 414 g/mol. The molecule has 0 aliphatic carbocycles. The predicted octanol–water partition coefficient (Wildman–Crippen LogP) is 2.10. The Bertz CT molecular complexity index is 832. The van der Waals surface area contributed by atoms with Gasteiger partial charge < -0.3 is 23.7 Å². The van der Waals surface area contributed by atoms with E-state index in [1.807, 2.05) is 6.92 Å². The van der Waals surface area contributed by atoms with Crippen molar-refractivity contribution >= 4 is 10.1 Å². The van der Waals surface area contributed by atoms with Gasteiger partial charge in [-0.1, -0.05) is 17.7 Å². The summed E-state index contributed by atoms with van der Waals surface area (Å²) in [5, 5.41) is 0. The Hall–Kier alpha value is -1.07. The largest absolute Gasteiger partial charge is 0.348 e. The maximum Gasteiger partial charge on any atom is 0.297 e. The van der Waals surface area contributed by atoms with Crippen molar-refractivity contribution in [1.29, 1.82) is 0 Å². The third-order valence-electron chi connectivity index (χ3n) is 4.97. The van der Waals surface area contributed by atoms with E-state index in [0.717, 1.165) is 5.56 Å². The summed E-state index contributed by atoms with van der Waals surface area (Å²) in [6.45, 7) is 9.20. The number of ether oxygens (including phenoxy) is 5. The quantitative estimate of drug-likeness (QED) is 0.692. The molecule has 3 fully saturated rings. The number of aryl methyl sites for hydroxylation is 1. The molecule has 3 heterocycles. The van der Waals surface area contributed by atoms with Crippen LogP contribution in [0.5, 0.6) is 0 Å². The molecule has 0 bridgehead atoms. The molecule has 0 amide bonds. The first-order valence-corrected chi connectivity index (χ1v) is 10.7. The SMILES string of the molecule is Cc1ccc(S(=O)(=O)O[C@H]2C3OC(C)(C)O[C@@H]3O[C@@H]2[C@@H]2COC(C)(C)O2)cc1. The highest BCUT2D eigenvalue weighted by Gasteiger charge is 2.60. The Balaban J connectivity index is 1.61. The molecule has 1 unspecified atom stereocenters. The Labute approximate surface area is 165 Å². The zero-order chi connectivity index (χ0) is 20.3. The molecule has 3 saturated heterocycles. The summed E-state index contributed by atoms with van der Waals surface area (Å²) in [6, 6.07) is 6.47. The zero-order valence-corrected chi connectivity index (χ0v) is 17.4. The van der Waals surface area contributed by atoms with E-state index in [0.29, 0.717) is 0 Å². The fourth-order valence-corrected chi connectivity index (χ4v) is 4.79. The van der Waals surface area contributed by atoms with Gasteiger partial charge in [-0.25, -0.2) is 0 Å². The topological polar surface area (TPSA) is 89.5 Å². The Morgan fingerprint density at radius 2 is 1.64 bits per heavy atom. The van der Waals surface area contributed by atoms with Crippen LogP contribution in [0.3, 0.4) is 0 Å². The summed E-state index contributed by atoms with van der Waals surface area (Å²) >= 11 is 0. The van der Waals surface area contributed by atoms with Crippen LogP contribution in [0.1, 0.15) is 33.3 Å². The van der Waals surface area contributed by atoms with Crippen molar-refractivity contribution in [3.63, 3.8) is 0 Å². The van der Waals surface area contributed by atoms with Gasteiger partial charge in [0.1, 0.15) is 24.4 Å². The van der Waals surface area contributed by atoms with E-state index < -0.39 is 52.4 Å². The predicted molar refractivity (Wildman–Crippen MR) is 96.8 cm³/mol. The van der Waals surface area contributed by atoms with Crippen LogP contribution < -0.4 is 0 Å². The molecule has 4 rings (SSSR count). The van der Waals surface area contributed by atoms with Crippen molar-refractivity contribution in [2.24, 2.45) is 0 Å². The maximum absolute atomic E-state index is 12.9. The van der Waals surface area contributed by atoms with Gasteiger partial charge in [0, 0.05) is 0 Å². The molecule has 8 nitrogen and oxygen atoms in total. The Morgan fingerprint density at radius 3 is 2.25 bits per heavy atom. The summed E-state index contributed by atoms with van der Waals surface area (Å²) < 4.78 is 60.5. The second-order valence-electron chi connectivity index (χ2n) is 8.26. The molecular weight excluding hydrogens is 388 g/mol. The van der Waals surface area contributed by atoms with Crippen molar-refractivity contribution in [2.45, 2.75) is 81.8 Å². The molecule has 3 aliphatic rings. The molecule has 0 radical (unpaired) electrons. The second-order valence-corrected chi connectivity index (χ2v) is 9.84. The molecule has 0 N–H and O–H groups in total. The lowest BCUT2D eigenvalue weighted by Gasteiger charge is -2.28. The van der Waals surface area contributed by atoms with Crippen molar-refractivity contribution in [3.8, 4) is 0 Å². The van der Waals surface area contributed by atoms with Gasteiger partial charge in [-0.2, -0.15) is 8.42 Å². The van der Waals surface area contributed by atoms with Crippen LogP contribution in [0.25, 0.3) is 0 Å². The van der Waals surface area contributed by atoms with Crippen molar-refractivity contribution in [2.75, 3.05) is 6.61 Å². The van der Waals surface area contributed by atoms with Crippen molar-refractivity contribution in [3.05, 3.63) is 29.8 Å². The maximum atomic E-state index is 12.9. The van der Waals surface area contributed by atoms with Crippen LogP contribution in [0.15, 0.2) is 29.2 Å². The molecule has 0 spiro atoms. The monoisotopic (exact) mass is 414 g/mol. The molecule has 28 heavy (non-hydrogen) atoms. The van der Waals surface area contributed by atoms with E-state index in [9.17, 15) is 8.42 Å². The van der Waals surface area contributed by atoms with Gasteiger partial charge in [-0.15, -0.1) is 0 Å². The summed E-state index contributed by atoms with van der Waals surface area (Å²) in [5.74, 6) is -1.69. The van der Waals surface area contributed by atoms with Gasteiger partial charge in [-0.3, -0.25) is 4.18 Å². The third-order valence-corrected chi connectivity index (χ3v) is 6.30. The van der Waals surface area contributed by atoms with Gasteiger partial charge in [0.25, 0.3) is 10.1 Å². The fourth-order valence-electron chi connectivity index (χ4n) is 3.70. The highest BCUT2D eigenvalue weighted by atomic mass is 32.2. The summed E-state index contributed by atoms with van der Waals surface area (Å²) in [5.41, 5.74) is 0.953. The van der Waals surface area contributed by atoms with Crippen molar-refractivity contribution < 1.29 is 36.3 Å². The normalized spacial score (nSPS) is 36.5. The Kier molecular flexibility index (Phi) is 4.86. The van der Waals surface area contributed by atoms with Crippen LogP contribution in [-0.4, -0.2) is 57.3 Å². The van der Waals surface area contributed by atoms with Crippen LogP contribution >= 0.6 is 0 Å². The number of rotatable bonds is 4. The number of hydrogen-bond donors (Lipinski definition) is 0. The average Bonchev–Trinajstić information content (AvgIpc) is 3.18. The fraction of sp³-hybridized carbons (Fsp3) is 0.684. The van der Waals surface area contributed by atoms with E-state index in [1.54, 1.807) is 39.8 Å². The summed E-state index contributed by atoms with van der Waals surface area (Å²) in [6.07, 6.45) is -3.60. The number of fused-ring (bicyclic) bond motifs is 1. The smallest absolute Gasteiger partial charge is 0.297 e. The number of benzene rings is 1. The highest BCUT2D eigenvalue weighted by molar-refractivity contribution is 7.86. The molecular formula is C19H26O8S. The van der Waals surface area contributed by atoms with E-state index in [-0.39, 0.29) is 11.5 Å². The molecule has 3 aliphatic heterocycles. The van der Waals surface area contributed by atoms with E-state index in [2.05, 4.69) is 0 Å². The third kappa shape index (κ3) is 3.85. The molecule has 1 aromatic carbocycles. The van der Waals surface area contributed by atoms with Gasteiger partial charge in [-0.05, 0) is 46.8 Å². The molecule has 5 atom stereocenters. The van der Waals surface area contributed by atoms with Crippen LogP contribution in [-0.2, 0) is 38.0 Å². The molecule has 0 aromatic heterocycles. The molecule has 9 heteroatoms. The second kappa shape index (κ2) is 6.73. The molecule has 0 saturated carbocycles. The summed E-state index contributed by atoms with van der Waals surface area (Å²) in [4.78, 5) is 0.0717. The minimum Gasteiger partial charge on any atom is -0.348 e. The van der Waals surface area contributed by atoms with E-state index in [1.165, 1.54) is 12.1 Å². The van der Waals surface area contributed by atoms with Crippen molar-refractivity contribution in [1.82, 2.24) is 0 Å². The minimum atomic E-state index is -4.04. The minimum absolute atomic E-state index is 0.0717. The first-order valence-electron chi connectivity index (χ1n) is 9.29. The standard InChI is InChI=1S/C19H26O8S/c1-11-6-8-12(9-7-11)28(20,21)27-15-14(13-10-22-18(2,3)24-13)23-17-16(15)25-19(4,5)26-17/h6-9,13-17H,10H2,1-5H3/t13-,14+,15+,16?,17-/m0/s1. The lowest BCUT2D eigenvalue weighted by atomic mass is 10.1. The zero-order valence-electron chi connectivity index (χ0n) is 16.6. The van der Waals surface area contributed by atoms with Crippen LogP contribution in [0, 0.1) is 6.92 Å². The lowest BCUT2D eigenvalue weighted by Crippen LogP contribution is -2.45. The Morgan fingerprint density at radius 1 is 0.964 bits per heavy atom. The first kappa shape index (κ1) is 20.2. The van der Waals surface area contributed by atoms with Crippen LogP contribution in [0.4, 0.5) is 0 Å². The van der Waals surface area contributed by atoms with E-state index >= 15 is 0 Å². The lowest BCUT2D eigenvalue weighted by molar-refractivity contribution is -0.230. The van der Waals surface area contributed by atoms with Gasteiger partial charge in [0.15, 0.2) is 17.9 Å². The van der Waals surface area contributed by atoms with Gasteiger partial charge >= 0.3 is 0 Å². The molecule has 1 aromatic rings. The summed E-state index contributed by atoms with van der Waals surface area (Å²) in [7, 11) is -4.04. The van der Waals surface area contributed by atoms with Gasteiger partial charge in [0.05, 0.1) is 11.5 Å². The van der Waals surface area contributed by atoms with Gasteiger partial charge in [0.2, 0.25) is 0 Å². The highest BCUT2D eigenvalue weighted by Crippen LogP contribution is 2.42.